The average Bonchev–Trinajstić information content (AvgIpc) is 3.36. The molecule has 6 heteroatoms. The van der Waals surface area contributed by atoms with E-state index in [2.05, 4.69) is 31.2 Å². The maximum Gasteiger partial charge on any atom is 0.305 e. The Hall–Kier alpha value is -3.93. The Morgan fingerprint density at radius 3 is 1.44 bits per heavy atom. The molecule has 4 aromatic rings. The second-order valence-electron chi connectivity index (χ2n) is 9.77. The van der Waals surface area contributed by atoms with Gasteiger partial charge >= 0.3 is 5.97 Å². The molecule has 0 radical (unpaired) electrons. The first-order valence-electron chi connectivity index (χ1n) is 12.5. The second kappa shape index (κ2) is 8.63. The number of nitrogens with zero attached hydrogens (tertiary/aromatic N) is 4. The van der Waals surface area contributed by atoms with Crippen LogP contribution in [0.25, 0.3) is 22.8 Å². The molecule has 4 heterocycles. The third-order valence-corrected chi connectivity index (χ3v) is 8.01. The minimum absolute atomic E-state index is 0.211. The van der Waals surface area contributed by atoms with Gasteiger partial charge in [0.05, 0.1) is 29.9 Å². The van der Waals surface area contributed by atoms with Gasteiger partial charge in [-0.25, -0.2) is 0 Å². The Morgan fingerprint density at radius 2 is 1.08 bits per heavy atom. The Bertz CT molecular complexity index is 1370. The van der Waals surface area contributed by atoms with Crippen LogP contribution in [0, 0.1) is 0 Å². The van der Waals surface area contributed by atoms with Gasteiger partial charge in [-0.15, -0.1) is 0 Å². The number of aromatic nitrogens is 4. The SMILES string of the molecule is CCCC1(CC2(CCC(=O)OC)c3cccnc3-c3ncccc32)c2cccnc2-c2ncccc21. The number of methoxy groups -OCH3 is 1. The Labute approximate surface area is 210 Å². The van der Waals surface area contributed by atoms with E-state index in [0.717, 1.165) is 53.2 Å². The van der Waals surface area contributed by atoms with Gasteiger partial charge in [-0.2, -0.15) is 0 Å². The summed E-state index contributed by atoms with van der Waals surface area (Å²) < 4.78 is 5.10. The zero-order chi connectivity index (χ0) is 24.8. The van der Waals surface area contributed by atoms with E-state index in [1.165, 1.54) is 18.2 Å². The minimum Gasteiger partial charge on any atom is -0.469 e. The van der Waals surface area contributed by atoms with Crippen LogP contribution in [-0.4, -0.2) is 33.0 Å². The maximum absolute atomic E-state index is 12.5. The number of hydrogen-bond donors (Lipinski definition) is 0. The molecule has 0 spiro atoms. The molecule has 0 fully saturated rings. The smallest absolute Gasteiger partial charge is 0.305 e. The minimum atomic E-state index is -0.471. The summed E-state index contributed by atoms with van der Waals surface area (Å²) in [4.78, 5) is 31.6. The highest BCUT2D eigenvalue weighted by molar-refractivity contribution is 5.79. The van der Waals surface area contributed by atoms with E-state index in [4.69, 9.17) is 24.7 Å². The zero-order valence-electron chi connectivity index (χ0n) is 20.6. The molecule has 36 heavy (non-hydrogen) atoms. The van der Waals surface area contributed by atoms with Crippen molar-refractivity contribution in [3.63, 3.8) is 0 Å². The van der Waals surface area contributed by atoms with E-state index in [1.807, 2.05) is 49.1 Å². The summed E-state index contributed by atoms with van der Waals surface area (Å²) in [6.07, 6.45) is 11.0. The van der Waals surface area contributed by atoms with E-state index in [1.54, 1.807) is 0 Å². The first-order valence-corrected chi connectivity index (χ1v) is 12.5. The van der Waals surface area contributed by atoms with E-state index in [9.17, 15) is 4.79 Å². The molecule has 0 saturated heterocycles. The molecule has 180 valence electrons. The molecule has 0 N–H and O–H groups in total. The number of carbonyl (C=O) groups excluding carboxylic acids is 1. The molecule has 6 rings (SSSR count). The maximum atomic E-state index is 12.5. The van der Waals surface area contributed by atoms with Crippen molar-refractivity contribution < 1.29 is 9.53 Å². The van der Waals surface area contributed by atoms with Crippen LogP contribution in [0.2, 0.25) is 0 Å². The number of esters is 1. The topological polar surface area (TPSA) is 77.9 Å². The summed E-state index contributed by atoms with van der Waals surface area (Å²) in [6, 6.07) is 16.8. The van der Waals surface area contributed by atoms with Crippen LogP contribution in [0.3, 0.4) is 0 Å². The Kier molecular flexibility index (Phi) is 5.40. The summed E-state index contributed by atoms with van der Waals surface area (Å²) in [6.45, 7) is 2.23. The van der Waals surface area contributed by atoms with Gasteiger partial charge in [-0.05, 0) is 65.8 Å². The van der Waals surface area contributed by atoms with Gasteiger partial charge in [0.25, 0.3) is 0 Å². The van der Waals surface area contributed by atoms with Gasteiger partial charge in [0.2, 0.25) is 0 Å². The molecule has 0 unspecified atom stereocenters. The molecule has 0 bridgehead atoms. The summed E-state index contributed by atoms with van der Waals surface area (Å²) in [5.74, 6) is -0.211. The molecule has 0 atom stereocenters. The van der Waals surface area contributed by atoms with Gasteiger partial charge in [0.1, 0.15) is 0 Å². The molecular formula is C30H28N4O2. The normalized spacial score (nSPS) is 15.5. The Morgan fingerprint density at radius 1 is 0.694 bits per heavy atom. The molecule has 0 saturated carbocycles. The molecule has 2 aliphatic rings. The second-order valence-corrected chi connectivity index (χ2v) is 9.77. The van der Waals surface area contributed by atoms with Crippen LogP contribution >= 0.6 is 0 Å². The predicted molar refractivity (Wildman–Crippen MR) is 137 cm³/mol. The van der Waals surface area contributed by atoms with Crippen LogP contribution in [0.1, 0.15) is 61.3 Å². The van der Waals surface area contributed by atoms with E-state index < -0.39 is 5.41 Å². The van der Waals surface area contributed by atoms with Crippen molar-refractivity contribution in [3.05, 3.63) is 95.6 Å². The molecule has 4 aromatic heterocycles. The van der Waals surface area contributed by atoms with Crippen molar-refractivity contribution >= 4 is 5.97 Å². The Balaban J connectivity index is 1.63. The van der Waals surface area contributed by atoms with Crippen LogP contribution in [0.15, 0.2) is 73.3 Å². The van der Waals surface area contributed by atoms with Crippen molar-refractivity contribution in [2.45, 2.75) is 49.9 Å². The van der Waals surface area contributed by atoms with Crippen molar-refractivity contribution in [2.75, 3.05) is 7.11 Å². The average molecular weight is 477 g/mol. The van der Waals surface area contributed by atoms with Gasteiger partial charge in [-0.1, -0.05) is 37.6 Å². The standard InChI is InChI=1S/C30H28N4O2/c1-3-13-29(20-8-4-15-31-25(20)26-21(29)9-5-16-32-26)19-30(14-12-24(35)36-2)22-10-6-17-33-27(22)28-23(30)11-7-18-34-28/h4-11,15-18H,3,12-14,19H2,1-2H3. The molecule has 0 aromatic carbocycles. The number of fused-ring (bicyclic) bond motifs is 6. The summed E-state index contributed by atoms with van der Waals surface area (Å²) in [7, 11) is 1.45. The number of rotatable bonds is 7. The largest absolute Gasteiger partial charge is 0.469 e. The number of hydrogen-bond acceptors (Lipinski definition) is 6. The fourth-order valence-corrected chi connectivity index (χ4v) is 6.67. The van der Waals surface area contributed by atoms with Crippen molar-refractivity contribution in [1.82, 2.24) is 19.9 Å². The van der Waals surface area contributed by atoms with Crippen molar-refractivity contribution in [1.29, 1.82) is 0 Å². The highest BCUT2D eigenvalue weighted by Gasteiger charge is 2.54. The number of pyridine rings is 4. The lowest BCUT2D eigenvalue weighted by atomic mass is 9.60. The van der Waals surface area contributed by atoms with E-state index in [-0.39, 0.29) is 11.4 Å². The van der Waals surface area contributed by atoms with Gasteiger partial charge in [0, 0.05) is 42.0 Å². The first-order chi connectivity index (χ1) is 17.6. The number of carbonyl (C=O) groups is 1. The monoisotopic (exact) mass is 476 g/mol. The fraction of sp³-hybridized carbons (Fsp3) is 0.300. The third-order valence-electron chi connectivity index (χ3n) is 8.01. The number of ether oxygens (including phenoxy) is 1. The highest BCUT2D eigenvalue weighted by Crippen LogP contribution is 2.60. The summed E-state index contributed by atoms with van der Waals surface area (Å²) in [5.41, 5.74) is 7.61. The molecule has 2 aliphatic carbocycles. The summed E-state index contributed by atoms with van der Waals surface area (Å²) >= 11 is 0. The lowest BCUT2D eigenvalue weighted by molar-refractivity contribution is -0.141. The quantitative estimate of drug-likeness (QED) is 0.321. The molecule has 6 nitrogen and oxygen atoms in total. The zero-order valence-corrected chi connectivity index (χ0v) is 20.6. The highest BCUT2D eigenvalue weighted by atomic mass is 16.5. The van der Waals surface area contributed by atoms with Crippen molar-refractivity contribution in [2.24, 2.45) is 0 Å². The summed E-state index contributed by atoms with van der Waals surface area (Å²) in [5, 5.41) is 0. The van der Waals surface area contributed by atoms with Gasteiger partial charge in [-0.3, -0.25) is 24.7 Å². The van der Waals surface area contributed by atoms with Crippen molar-refractivity contribution in [3.8, 4) is 22.8 Å². The van der Waals surface area contributed by atoms with Gasteiger partial charge in [0.15, 0.2) is 0 Å². The molecule has 0 aliphatic heterocycles. The van der Waals surface area contributed by atoms with E-state index >= 15 is 0 Å². The van der Waals surface area contributed by atoms with Crippen LogP contribution in [0.5, 0.6) is 0 Å². The van der Waals surface area contributed by atoms with Gasteiger partial charge < -0.3 is 4.74 Å². The molecular weight excluding hydrogens is 448 g/mol. The lowest BCUT2D eigenvalue weighted by Gasteiger charge is -2.42. The van der Waals surface area contributed by atoms with E-state index in [0.29, 0.717) is 12.8 Å². The van der Waals surface area contributed by atoms with Crippen LogP contribution in [-0.2, 0) is 20.4 Å². The van der Waals surface area contributed by atoms with Crippen LogP contribution < -0.4 is 0 Å². The third kappa shape index (κ3) is 3.13. The predicted octanol–water partition coefficient (Wildman–Crippen LogP) is 5.64. The lowest BCUT2D eigenvalue weighted by Crippen LogP contribution is -2.38. The van der Waals surface area contributed by atoms with Crippen LogP contribution in [0.4, 0.5) is 0 Å². The fourth-order valence-electron chi connectivity index (χ4n) is 6.67. The first kappa shape index (κ1) is 22.5. The molecule has 0 amide bonds.